The number of hydrogen-bond donors (Lipinski definition) is 1. The molecule has 32 heavy (non-hydrogen) atoms. The second kappa shape index (κ2) is 10.2. The molecule has 1 saturated carbocycles. The first-order valence-corrected chi connectivity index (χ1v) is 12.7. The molecule has 1 aliphatic carbocycles. The highest BCUT2D eigenvalue weighted by Crippen LogP contribution is 2.50. The third-order valence-corrected chi connectivity index (χ3v) is 8.02. The van der Waals surface area contributed by atoms with Gasteiger partial charge in [0.2, 0.25) is 11.8 Å². The number of sulfone groups is 1. The summed E-state index contributed by atoms with van der Waals surface area (Å²) >= 11 is 0. The number of alkyl halides is 2. The van der Waals surface area contributed by atoms with Gasteiger partial charge in [0.1, 0.15) is 6.61 Å². The van der Waals surface area contributed by atoms with Gasteiger partial charge in [-0.2, -0.15) is 0 Å². The number of ether oxygens (including phenoxy) is 1. The highest BCUT2D eigenvalue weighted by molar-refractivity contribution is 7.91. The van der Waals surface area contributed by atoms with Gasteiger partial charge in [-0.25, -0.2) is 21.6 Å². The molecule has 3 rings (SSSR count). The van der Waals surface area contributed by atoms with Crippen molar-refractivity contribution in [2.75, 3.05) is 18.1 Å². The van der Waals surface area contributed by atoms with Crippen molar-refractivity contribution in [3.63, 3.8) is 0 Å². The number of amides is 2. The summed E-state index contributed by atoms with van der Waals surface area (Å²) in [6, 6.07) is 3.95. The van der Waals surface area contributed by atoms with E-state index >= 15 is 0 Å². The average Bonchev–Trinajstić information content (AvgIpc) is 3.48. The van der Waals surface area contributed by atoms with Crippen LogP contribution in [0.3, 0.4) is 0 Å². The predicted octanol–water partition coefficient (Wildman–Crippen LogP) is 3.53. The monoisotopic (exact) mass is 475 g/mol. The molecule has 1 aliphatic heterocycles. The molecular formula is C22H28F3NO5S. The molecule has 0 bridgehead atoms. The van der Waals surface area contributed by atoms with Gasteiger partial charge in [-0.1, -0.05) is 18.9 Å². The van der Waals surface area contributed by atoms with E-state index in [4.69, 9.17) is 4.74 Å². The summed E-state index contributed by atoms with van der Waals surface area (Å²) < 4.78 is 68.8. The lowest BCUT2D eigenvalue weighted by Crippen LogP contribution is -2.40. The Morgan fingerprint density at radius 1 is 1.16 bits per heavy atom. The Morgan fingerprint density at radius 2 is 1.91 bits per heavy atom. The lowest BCUT2D eigenvalue weighted by molar-refractivity contribution is -0.136. The van der Waals surface area contributed by atoms with Crippen LogP contribution in [0.2, 0.25) is 0 Å². The van der Waals surface area contributed by atoms with Crippen molar-refractivity contribution in [1.82, 2.24) is 5.32 Å². The third kappa shape index (κ3) is 6.70. The molecule has 1 atom stereocenters. The molecule has 0 spiro atoms. The minimum Gasteiger partial charge on any atom is -0.485 e. The molecule has 2 fully saturated rings. The molecule has 1 heterocycles. The van der Waals surface area contributed by atoms with Crippen molar-refractivity contribution in [3.8, 4) is 5.75 Å². The standard InChI is InChI=1S/C22H28F3NO5S/c23-17-7-6-16(12-18(17)31-13-19(24)25)22(9-10-22)14-32(29,30)11-3-1-2-4-15-5-8-20(27)26-21(15)28/h6-7,12,15,19H,1-5,8-11,13-14H2,(H,26,27,28). The quantitative estimate of drug-likeness (QED) is 0.369. The molecule has 2 amide bonds. The van der Waals surface area contributed by atoms with Crippen molar-refractivity contribution < 1.29 is 35.9 Å². The molecule has 178 valence electrons. The SMILES string of the molecule is O=C1CCC(CCCCCS(=O)(=O)CC2(c3ccc(F)c(OCC(F)F)c3)CC2)C(=O)N1. The number of imide groups is 1. The molecule has 10 heteroatoms. The number of hydrogen-bond acceptors (Lipinski definition) is 5. The first-order valence-electron chi connectivity index (χ1n) is 10.9. The van der Waals surface area contributed by atoms with Gasteiger partial charge in [0.15, 0.2) is 21.4 Å². The zero-order valence-electron chi connectivity index (χ0n) is 17.7. The van der Waals surface area contributed by atoms with Gasteiger partial charge in [-0.15, -0.1) is 0 Å². The second-order valence-electron chi connectivity index (χ2n) is 8.72. The lowest BCUT2D eigenvalue weighted by atomic mass is 9.92. The number of rotatable bonds is 12. The number of carbonyl (C=O) groups is 2. The van der Waals surface area contributed by atoms with E-state index in [1.807, 2.05) is 0 Å². The minimum absolute atomic E-state index is 0.0139. The van der Waals surface area contributed by atoms with Gasteiger partial charge in [0, 0.05) is 17.8 Å². The number of unbranched alkanes of at least 4 members (excludes halogenated alkanes) is 2. The van der Waals surface area contributed by atoms with E-state index in [9.17, 15) is 31.2 Å². The van der Waals surface area contributed by atoms with Crippen molar-refractivity contribution in [3.05, 3.63) is 29.6 Å². The van der Waals surface area contributed by atoms with E-state index in [1.54, 1.807) is 0 Å². The van der Waals surface area contributed by atoms with Gasteiger partial charge < -0.3 is 4.74 Å². The van der Waals surface area contributed by atoms with Crippen LogP contribution in [0.1, 0.15) is 56.9 Å². The normalized spacial score (nSPS) is 20.3. The Labute approximate surface area is 185 Å². The molecule has 0 aromatic heterocycles. The number of nitrogens with one attached hydrogen (secondary N) is 1. The molecule has 1 N–H and O–H groups in total. The summed E-state index contributed by atoms with van der Waals surface area (Å²) in [6.07, 6.45) is 1.85. The maximum atomic E-state index is 13.9. The molecule has 1 saturated heterocycles. The molecule has 1 aromatic rings. The smallest absolute Gasteiger partial charge is 0.272 e. The van der Waals surface area contributed by atoms with Crippen LogP contribution in [0.15, 0.2) is 18.2 Å². The highest BCUT2D eigenvalue weighted by Gasteiger charge is 2.47. The third-order valence-electron chi connectivity index (χ3n) is 6.12. The van der Waals surface area contributed by atoms with E-state index in [0.717, 1.165) is 6.07 Å². The van der Waals surface area contributed by atoms with Crippen LogP contribution in [0.5, 0.6) is 5.75 Å². The summed E-state index contributed by atoms with van der Waals surface area (Å²) in [4.78, 5) is 22.9. The Bertz CT molecular complexity index is 947. The van der Waals surface area contributed by atoms with Crippen molar-refractivity contribution in [2.45, 2.75) is 63.2 Å². The van der Waals surface area contributed by atoms with Crippen LogP contribution >= 0.6 is 0 Å². The van der Waals surface area contributed by atoms with E-state index in [0.29, 0.717) is 56.9 Å². The average molecular weight is 476 g/mol. The Hall–Kier alpha value is -2.10. The van der Waals surface area contributed by atoms with Crippen molar-refractivity contribution in [2.24, 2.45) is 5.92 Å². The van der Waals surface area contributed by atoms with Gasteiger partial charge in [0.05, 0.1) is 11.5 Å². The number of benzene rings is 1. The Morgan fingerprint density at radius 3 is 2.56 bits per heavy atom. The maximum Gasteiger partial charge on any atom is 0.272 e. The van der Waals surface area contributed by atoms with Crippen LogP contribution < -0.4 is 10.1 Å². The van der Waals surface area contributed by atoms with Crippen LogP contribution in [0, 0.1) is 11.7 Å². The molecular weight excluding hydrogens is 447 g/mol. The van der Waals surface area contributed by atoms with E-state index < -0.39 is 34.1 Å². The first-order chi connectivity index (χ1) is 15.1. The molecule has 1 aromatic carbocycles. The van der Waals surface area contributed by atoms with Crippen molar-refractivity contribution >= 4 is 21.7 Å². The fourth-order valence-electron chi connectivity index (χ4n) is 4.16. The second-order valence-corrected chi connectivity index (χ2v) is 10.9. The topological polar surface area (TPSA) is 89.5 Å². The van der Waals surface area contributed by atoms with Crippen LogP contribution in [0.25, 0.3) is 0 Å². The first kappa shape index (κ1) is 24.5. The van der Waals surface area contributed by atoms with Gasteiger partial charge in [-0.05, 0) is 49.8 Å². The van der Waals surface area contributed by atoms with Crippen LogP contribution in [-0.2, 0) is 24.8 Å². The predicted molar refractivity (Wildman–Crippen MR) is 112 cm³/mol. The van der Waals surface area contributed by atoms with Crippen LogP contribution in [-0.4, -0.2) is 44.8 Å². The summed E-state index contributed by atoms with van der Waals surface area (Å²) in [7, 11) is -3.38. The summed E-state index contributed by atoms with van der Waals surface area (Å²) in [5, 5.41) is 2.32. The van der Waals surface area contributed by atoms with Gasteiger partial charge in [0.25, 0.3) is 6.43 Å². The maximum absolute atomic E-state index is 13.9. The largest absolute Gasteiger partial charge is 0.485 e. The number of piperidine rings is 1. The summed E-state index contributed by atoms with van der Waals surface area (Å²) in [5.41, 5.74) is -0.0352. The highest BCUT2D eigenvalue weighted by atomic mass is 32.2. The molecule has 2 aliphatic rings. The van der Waals surface area contributed by atoms with Crippen LogP contribution in [0.4, 0.5) is 13.2 Å². The Balaban J connectivity index is 1.48. The summed E-state index contributed by atoms with van der Waals surface area (Å²) in [6.45, 7) is -0.926. The van der Waals surface area contributed by atoms with Crippen molar-refractivity contribution in [1.29, 1.82) is 0 Å². The molecule has 0 radical (unpaired) electrons. The van der Waals surface area contributed by atoms with Gasteiger partial charge >= 0.3 is 0 Å². The van der Waals surface area contributed by atoms with Gasteiger partial charge in [-0.3, -0.25) is 14.9 Å². The zero-order valence-corrected chi connectivity index (χ0v) is 18.6. The Kier molecular flexibility index (Phi) is 7.84. The molecule has 1 unspecified atom stereocenters. The van der Waals surface area contributed by atoms with E-state index in [-0.39, 0.29) is 35.0 Å². The zero-order chi connectivity index (χ0) is 23.4. The minimum atomic E-state index is -3.38. The lowest BCUT2D eigenvalue weighted by Gasteiger charge is -2.20. The molecule has 6 nitrogen and oxygen atoms in total. The van der Waals surface area contributed by atoms with E-state index in [2.05, 4.69) is 5.32 Å². The van der Waals surface area contributed by atoms with E-state index in [1.165, 1.54) is 12.1 Å². The fraction of sp³-hybridized carbons (Fsp3) is 0.636. The number of halogens is 3. The number of carbonyl (C=O) groups excluding carboxylic acids is 2. The summed E-state index contributed by atoms with van der Waals surface area (Å²) in [5.74, 6) is -1.81. The fourth-order valence-corrected chi connectivity index (χ4v) is 6.25.